The van der Waals surface area contributed by atoms with Crippen LogP contribution in [0.1, 0.15) is 83.1 Å². The summed E-state index contributed by atoms with van der Waals surface area (Å²) in [5, 5.41) is -0.206. The summed E-state index contributed by atoms with van der Waals surface area (Å²) in [6.07, 6.45) is 6.91. The maximum Gasteiger partial charge on any atom is 0.219 e. The van der Waals surface area contributed by atoms with Crippen molar-refractivity contribution in [1.82, 2.24) is 4.31 Å². The van der Waals surface area contributed by atoms with E-state index in [9.17, 15) is 8.42 Å². The fourth-order valence-electron chi connectivity index (χ4n) is 4.88. The summed E-state index contributed by atoms with van der Waals surface area (Å²) in [5.41, 5.74) is 0. The molecule has 4 atom stereocenters. The lowest BCUT2D eigenvalue weighted by Crippen LogP contribution is -2.55. The monoisotopic (exact) mass is 754 g/mol. The van der Waals surface area contributed by atoms with E-state index in [1.54, 1.807) is 38.2 Å². The predicted octanol–water partition coefficient (Wildman–Crippen LogP) is 10.3. The number of benzene rings is 1. The Balaban J connectivity index is 4.44. The van der Waals surface area contributed by atoms with Crippen LogP contribution < -0.4 is 0 Å². The molecule has 1 rings (SSSR count). The molecule has 0 heterocycles. The van der Waals surface area contributed by atoms with Gasteiger partial charge in [-0.1, -0.05) is 97.9 Å². The van der Waals surface area contributed by atoms with E-state index in [4.69, 9.17) is 8.85 Å². The molecule has 0 bridgehead atoms. The molecule has 11 heteroatoms. The highest BCUT2D eigenvalue weighted by Crippen LogP contribution is 2.42. The molecule has 0 aliphatic carbocycles. The second kappa shape index (κ2) is 17.0. The van der Waals surface area contributed by atoms with Crippen LogP contribution in [0.15, 0.2) is 75.4 Å². The maximum absolute atomic E-state index is 15.5. The zero-order chi connectivity index (χ0) is 38.4. The van der Waals surface area contributed by atoms with Gasteiger partial charge in [-0.2, -0.15) is 4.31 Å². The van der Waals surface area contributed by atoms with Crippen molar-refractivity contribution < 1.29 is 21.5 Å². The largest absolute Gasteiger partial charge is 0.415 e. The number of allylic oxidation sites excluding steroid dienone is 1. The van der Waals surface area contributed by atoms with Gasteiger partial charge in [-0.15, -0.1) is 6.58 Å². The highest BCUT2D eigenvalue weighted by Gasteiger charge is 2.46. The van der Waals surface area contributed by atoms with E-state index in [1.165, 1.54) is 0 Å². The topological polar surface area (TPSA) is 85.3 Å². The summed E-state index contributed by atoms with van der Waals surface area (Å²) in [6.45, 7) is 37.4. The van der Waals surface area contributed by atoms with Gasteiger partial charge in [0.2, 0.25) is 10.0 Å². The van der Waals surface area contributed by atoms with Gasteiger partial charge in [-0.05, 0) is 87.9 Å². The molecule has 1 aromatic carbocycles. The average molecular weight is 755 g/mol. The summed E-state index contributed by atoms with van der Waals surface area (Å²) in [6, 6.07) is 8.70. The number of hydrogen-bond acceptors (Lipinski definition) is 6. The van der Waals surface area contributed by atoms with Gasteiger partial charge in [0, 0.05) is 13.6 Å². The second-order valence-corrected chi connectivity index (χ2v) is 31.9. The van der Waals surface area contributed by atoms with Crippen molar-refractivity contribution in [2.24, 2.45) is 16.2 Å². The van der Waals surface area contributed by atoms with E-state index >= 15 is 4.21 Å². The molecule has 0 N–H and O–H groups in total. The molecule has 0 saturated heterocycles. The Morgan fingerprint density at radius 3 is 1.82 bits per heavy atom. The first-order valence-corrected chi connectivity index (χ1v) is 26.3. The van der Waals surface area contributed by atoms with Crippen LogP contribution >= 0.6 is 0 Å². The summed E-state index contributed by atoms with van der Waals surface area (Å²) in [5.74, 6) is -0.486. The van der Waals surface area contributed by atoms with Gasteiger partial charge in [0.1, 0.15) is 9.73 Å². The van der Waals surface area contributed by atoms with Crippen molar-refractivity contribution >= 4 is 36.4 Å². The highest BCUT2D eigenvalue weighted by atomic mass is 32.2. The normalized spacial score (nSPS) is 17.7. The average Bonchev–Trinajstić information content (AvgIpc) is 2.95. The molecular formula is C38H70N2O5S2Si2. The molecule has 1 aromatic rings. The predicted molar refractivity (Wildman–Crippen MR) is 217 cm³/mol. The van der Waals surface area contributed by atoms with Gasteiger partial charge >= 0.3 is 0 Å². The zero-order valence-electron chi connectivity index (χ0n) is 33.9. The van der Waals surface area contributed by atoms with Crippen LogP contribution in [0.4, 0.5) is 0 Å². The van der Waals surface area contributed by atoms with E-state index < -0.39 is 59.2 Å². The Hall–Kier alpha value is -1.35. The summed E-state index contributed by atoms with van der Waals surface area (Å²) in [7, 11) is -10.2. The van der Waals surface area contributed by atoms with Crippen LogP contribution in [-0.2, 0) is 28.6 Å². The van der Waals surface area contributed by atoms with Gasteiger partial charge in [0.25, 0.3) is 0 Å². The van der Waals surface area contributed by atoms with Crippen molar-refractivity contribution in [1.29, 1.82) is 0 Å². The third-order valence-electron chi connectivity index (χ3n) is 10.3. The van der Waals surface area contributed by atoms with Crippen molar-refractivity contribution in [3.05, 3.63) is 66.1 Å². The van der Waals surface area contributed by atoms with Crippen LogP contribution in [0.5, 0.6) is 0 Å². The lowest BCUT2D eigenvalue weighted by Gasteiger charge is -2.43. The Morgan fingerprint density at radius 2 is 1.43 bits per heavy atom. The van der Waals surface area contributed by atoms with Gasteiger partial charge < -0.3 is 8.85 Å². The number of nitrogens with zero attached hydrogens (tertiary/aromatic N) is 2. The standard InChI is InChI=1S/C38H70N2O5S2Si2/c1-19-24-34(45-49(17,18)38(11,12)13)35(46(41,39-14)31-25-22-21-23-26-31)28-32(30(3)4)33(29-44-48(15,16)37(8,9)10)40(27-20-2)47(42,43)36(5,6)7/h19-26,28,30,32-34H,2,27,29H2,1,3-18H3/b24-19+,35-28+/t32-,33+,34+,46?/m0/s1. The van der Waals surface area contributed by atoms with Gasteiger partial charge in [0.05, 0.1) is 33.3 Å². The molecule has 1 unspecified atom stereocenters. The molecule has 0 aliphatic heterocycles. The van der Waals surface area contributed by atoms with Crippen LogP contribution in [0, 0.1) is 11.8 Å². The summed E-state index contributed by atoms with van der Waals surface area (Å²) in [4.78, 5) is 1.12. The maximum atomic E-state index is 15.5. The van der Waals surface area contributed by atoms with Crippen LogP contribution in [0.25, 0.3) is 0 Å². The van der Waals surface area contributed by atoms with E-state index in [0.717, 1.165) is 0 Å². The lowest BCUT2D eigenvalue weighted by atomic mass is 9.87. The first-order chi connectivity index (χ1) is 22.1. The minimum Gasteiger partial charge on any atom is -0.415 e. The van der Waals surface area contributed by atoms with Crippen molar-refractivity contribution in [2.45, 2.75) is 141 Å². The van der Waals surface area contributed by atoms with Gasteiger partial charge in [-0.25, -0.2) is 17.0 Å². The smallest absolute Gasteiger partial charge is 0.219 e. The van der Waals surface area contributed by atoms with Gasteiger partial charge in [0.15, 0.2) is 16.6 Å². The summed E-state index contributed by atoms with van der Waals surface area (Å²) >= 11 is 0. The minimum absolute atomic E-state index is 0.0686. The number of rotatable bonds is 16. The molecular weight excluding hydrogens is 685 g/mol. The molecule has 0 aliphatic rings. The first kappa shape index (κ1) is 45.7. The molecule has 0 aromatic heterocycles. The Bertz CT molecular complexity index is 1520. The lowest BCUT2D eigenvalue weighted by molar-refractivity contribution is 0.145. The van der Waals surface area contributed by atoms with Gasteiger partial charge in [-0.3, -0.25) is 0 Å². The molecule has 0 spiro atoms. The van der Waals surface area contributed by atoms with E-state index in [2.05, 4.69) is 92.5 Å². The third kappa shape index (κ3) is 11.1. The minimum atomic E-state index is -3.85. The molecule has 0 amide bonds. The van der Waals surface area contributed by atoms with Crippen molar-refractivity contribution in [2.75, 3.05) is 20.2 Å². The number of sulfonamides is 1. The Kier molecular flexibility index (Phi) is 15.8. The van der Waals surface area contributed by atoms with Crippen molar-refractivity contribution in [3.8, 4) is 0 Å². The van der Waals surface area contributed by atoms with Crippen LogP contribution in [-0.4, -0.2) is 70.7 Å². The first-order valence-electron chi connectivity index (χ1n) is 17.5. The molecule has 0 fully saturated rings. The number of hydrogen-bond donors (Lipinski definition) is 0. The molecule has 49 heavy (non-hydrogen) atoms. The fourth-order valence-corrected chi connectivity index (χ4v) is 10.7. The summed E-state index contributed by atoms with van der Waals surface area (Å²) < 4.78 is 63.4. The van der Waals surface area contributed by atoms with Crippen LogP contribution in [0.2, 0.25) is 36.3 Å². The molecule has 7 nitrogen and oxygen atoms in total. The molecule has 282 valence electrons. The Labute approximate surface area is 304 Å². The van der Waals surface area contributed by atoms with Crippen molar-refractivity contribution in [3.63, 3.8) is 0 Å². The zero-order valence-corrected chi connectivity index (χ0v) is 37.5. The molecule has 0 saturated carbocycles. The quantitative estimate of drug-likeness (QED) is 0.124. The SMILES string of the molecule is C=CCN([C@H](CO[Si](C)(C)C(C)(C)C)[C@@H](/C=C(\[C@@H](/C=C/C)O[Si](C)(C)C(C)(C)C)S(=O)(=NC)c1ccccc1)C(C)C)S(=O)(=O)C(C)(C)C. The fraction of sp³-hybridized carbons (Fsp3) is 0.684. The van der Waals surface area contributed by atoms with E-state index in [0.29, 0.717) is 9.80 Å². The Morgan fingerprint density at radius 1 is 0.918 bits per heavy atom. The second-order valence-electron chi connectivity index (χ2n) is 17.4. The van der Waals surface area contributed by atoms with Crippen LogP contribution in [0.3, 0.4) is 0 Å². The van der Waals surface area contributed by atoms with E-state index in [1.807, 2.05) is 55.5 Å². The highest BCUT2D eigenvalue weighted by molar-refractivity contribution is 7.97. The third-order valence-corrected chi connectivity index (χ3v) is 24.2. The molecule has 0 radical (unpaired) electrons. The van der Waals surface area contributed by atoms with E-state index in [-0.39, 0.29) is 29.1 Å².